The molecule has 0 bridgehead atoms. The fraction of sp³-hybridized carbons (Fsp3) is 0.348. The van der Waals surface area contributed by atoms with Gasteiger partial charge in [0.25, 0.3) is 5.91 Å². The van der Waals surface area contributed by atoms with Crippen molar-refractivity contribution in [2.24, 2.45) is 0 Å². The highest BCUT2D eigenvalue weighted by Gasteiger charge is 2.50. The average Bonchev–Trinajstić information content (AvgIpc) is 3.52. The summed E-state index contributed by atoms with van der Waals surface area (Å²) in [4.78, 5) is 36.3. The van der Waals surface area contributed by atoms with Crippen LogP contribution in [0.4, 0.5) is 10.5 Å². The number of nitrogens with one attached hydrogen (secondary N) is 2. The summed E-state index contributed by atoms with van der Waals surface area (Å²) in [6.07, 6.45) is -2.19. The van der Waals surface area contributed by atoms with Crippen molar-refractivity contribution in [3.05, 3.63) is 53.6 Å². The molecular formula is C23H22N2O8. The molecule has 3 aliphatic rings. The summed E-state index contributed by atoms with van der Waals surface area (Å²) < 4.78 is 27.6. The van der Waals surface area contributed by atoms with Gasteiger partial charge in [0.1, 0.15) is 12.2 Å². The molecule has 10 nitrogen and oxygen atoms in total. The van der Waals surface area contributed by atoms with Crippen LogP contribution in [-0.4, -0.2) is 62.1 Å². The lowest BCUT2D eigenvalue weighted by Crippen LogP contribution is -2.44. The molecule has 2 amide bonds. The normalized spacial score (nSPS) is 24.8. The minimum absolute atomic E-state index is 0.0585. The highest BCUT2D eigenvalue weighted by molar-refractivity contribution is 5.95. The van der Waals surface area contributed by atoms with Gasteiger partial charge in [-0.1, -0.05) is 0 Å². The minimum atomic E-state index is -0.656. The Bertz CT molecular complexity index is 1090. The van der Waals surface area contributed by atoms with Gasteiger partial charge in [-0.25, -0.2) is 4.79 Å². The first-order chi connectivity index (χ1) is 16.0. The summed E-state index contributed by atoms with van der Waals surface area (Å²) in [6, 6.07) is 11.1. The van der Waals surface area contributed by atoms with Gasteiger partial charge in [-0.15, -0.1) is 0 Å². The van der Waals surface area contributed by atoms with Crippen molar-refractivity contribution in [3.8, 4) is 11.5 Å². The van der Waals surface area contributed by atoms with Crippen molar-refractivity contribution >= 4 is 23.5 Å². The second-order valence-corrected chi connectivity index (χ2v) is 7.95. The molecule has 2 aromatic carbocycles. The number of ether oxygens (including phenoxy) is 5. The Balaban J connectivity index is 1.15. The molecule has 5 rings (SSSR count). The zero-order valence-corrected chi connectivity index (χ0v) is 17.7. The minimum Gasteiger partial charge on any atom is -0.454 e. The number of ketones is 1. The average molecular weight is 454 g/mol. The Labute approximate surface area is 189 Å². The van der Waals surface area contributed by atoms with E-state index in [4.69, 9.17) is 23.7 Å². The topological polar surface area (TPSA) is 121 Å². The van der Waals surface area contributed by atoms with E-state index < -0.39 is 24.4 Å². The lowest BCUT2D eigenvalue weighted by Gasteiger charge is -2.18. The molecular weight excluding hydrogens is 432 g/mol. The lowest BCUT2D eigenvalue weighted by atomic mass is 10.1. The first-order valence-electron chi connectivity index (χ1n) is 10.5. The molecule has 3 heterocycles. The lowest BCUT2D eigenvalue weighted by molar-refractivity contribution is 0.00861. The number of hydrogen-bond acceptors (Lipinski definition) is 8. The van der Waals surface area contributed by atoms with E-state index in [2.05, 4.69) is 10.6 Å². The number of hydrogen-bond donors (Lipinski definition) is 2. The molecule has 4 unspecified atom stereocenters. The number of Topliss-reactive ketones (excluding diaryl/α,β-unsaturated/α-hetero) is 1. The Kier molecular flexibility index (Phi) is 5.61. The fourth-order valence-corrected chi connectivity index (χ4v) is 4.05. The second-order valence-electron chi connectivity index (χ2n) is 7.95. The van der Waals surface area contributed by atoms with Crippen molar-refractivity contribution in [1.82, 2.24) is 5.32 Å². The largest absolute Gasteiger partial charge is 0.454 e. The molecule has 33 heavy (non-hydrogen) atoms. The summed E-state index contributed by atoms with van der Waals surface area (Å²) >= 11 is 0. The fourth-order valence-electron chi connectivity index (χ4n) is 4.05. The highest BCUT2D eigenvalue weighted by atomic mass is 16.7. The maximum Gasteiger partial charge on any atom is 0.412 e. The van der Waals surface area contributed by atoms with Crippen LogP contribution in [0.3, 0.4) is 0 Å². The molecule has 3 aliphatic heterocycles. The predicted octanol–water partition coefficient (Wildman–Crippen LogP) is 2.13. The molecule has 0 aliphatic carbocycles. The number of benzene rings is 2. The second kappa shape index (κ2) is 8.72. The quantitative estimate of drug-likeness (QED) is 0.659. The van der Waals surface area contributed by atoms with Gasteiger partial charge >= 0.3 is 6.09 Å². The van der Waals surface area contributed by atoms with Crippen LogP contribution in [0, 0.1) is 0 Å². The van der Waals surface area contributed by atoms with Crippen molar-refractivity contribution in [2.75, 3.05) is 25.3 Å². The molecule has 0 saturated carbocycles. The predicted molar refractivity (Wildman–Crippen MR) is 114 cm³/mol. The van der Waals surface area contributed by atoms with Crippen LogP contribution < -0.4 is 20.1 Å². The first-order valence-corrected chi connectivity index (χ1v) is 10.5. The first kappa shape index (κ1) is 21.2. The summed E-state index contributed by atoms with van der Waals surface area (Å²) in [7, 11) is 0. The van der Waals surface area contributed by atoms with Gasteiger partial charge in [0, 0.05) is 16.8 Å². The van der Waals surface area contributed by atoms with Crippen LogP contribution in [-0.2, 0) is 14.2 Å². The van der Waals surface area contributed by atoms with Crippen LogP contribution >= 0.6 is 0 Å². The maximum absolute atomic E-state index is 12.7. The summed E-state index contributed by atoms with van der Waals surface area (Å²) in [5.74, 6) is 0.776. The van der Waals surface area contributed by atoms with Gasteiger partial charge in [-0.05, 0) is 49.4 Å². The van der Waals surface area contributed by atoms with Crippen molar-refractivity contribution in [1.29, 1.82) is 0 Å². The van der Waals surface area contributed by atoms with E-state index in [1.807, 2.05) is 0 Å². The zero-order valence-electron chi connectivity index (χ0n) is 17.7. The third-order valence-electron chi connectivity index (χ3n) is 5.76. The van der Waals surface area contributed by atoms with E-state index in [9.17, 15) is 14.4 Å². The van der Waals surface area contributed by atoms with E-state index >= 15 is 0 Å². The van der Waals surface area contributed by atoms with Crippen LogP contribution in [0.1, 0.15) is 27.6 Å². The molecule has 0 radical (unpaired) electrons. The number of anilines is 1. The Hall–Kier alpha value is -3.63. The van der Waals surface area contributed by atoms with E-state index in [-0.39, 0.29) is 37.7 Å². The Morgan fingerprint density at radius 1 is 0.909 bits per heavy atom. The number of carbonyl (C=O) groups is 3. The van der Waals surface area contributed by atoms with E-state index in [0.29, 0.717) is 28.3 Å². The molecule has 172 valence electrons. The highest BCUT2D eigenvalue weighted by Crippen LogP contribution is 2.33. The van der Waals surface area contributed by atoms with E-state index in [1.165, 1.54) is 6.92 Å². The van der Waals surface area contributed by atoms with Gasteiger partial charge in [0.15, 0.2) is 23.4 Å². The SMILES string of the molecule is CC(=O)c1ccc(NC(=O)OC2COC3C(NC(=O)c4ccc5c(c4)OCO5)COC23)cc1. The molecule has 2 aromatic rings. The summed E-state index contributed by atoms with van der Waals surface area (Å²) in [6.45, 7) is 1.99. The number of fused-ring (bicyclic) bond motifs is 2. The van der Waals surface area contributed by atoms with Crippen LogP contribution in [0.15, 0.2) is 42.5 Å². The van der Waals surface area contributed by atoms with E-state index in [0.717, 1.165) is 0 Å². The van der Waals surface area contributed by atoms with E-state index in [1.54, 1.807) is 42.5 Å². The molecule has 0 spiro atoms. The smallest absolute Gasteiger partial charge is 0.412 e. The van der Waals surface area contributed by atoms with Crippen LogP contribution in [0.5, 0.6) is 11.5 Å². The molecule has 2 saturated heterocycles. The number of amides is 2. The van der Waals surface area contributed by atoms with Gasteiger partial charge < -0.3 is 29.0 Å². The molecule has 2 fully saturated rings. The van der Waals surface area contributed by atoms with Crippen molar-refractivity contribution in [2.45, 2.75) is 31.3 Å². The molecule has 10 heteroatoms. The van der Waals surface area contributed by atoms with Crippen molar-refractivity contribution < 1.29 is 38.1 Å². The molecule has 0 aromatic heterocycles. The summed E-state index contributed by atoms with van der Waals surface area (Å²) in [5, 5.41) is 5.54. The van der Waals surface area contributed by atoms with Crippen molar-refractivity contribution in [3.63, 3.8) is 0 Å². The van der Waals surface area contributed by atoms with Gasteiger partial charge in [-0.2, -0.15) is 0 Å². The Morgan fingerprint density at radius 3 is 2.42 bits per heavy atom. The summed E-state index contributed by atoms with van der Waals surface area (Å²) in [5.41, 5.74) is 1.49. The zero-order chi connectivity index (χ0) is 22.9. The van der Waals surface area contributed by atoms with Crippen LogP contribution in [0.25, 0.3) is 0 Å². The van der Waals surface area contributed by atoms with Gasteiger partial charge in [0.2, 0.25) is 6.79 Å². The third kappa shape index (κ3) is 4.35. The maximum atomic E-state index is 12.7. The number of rotatable bonds is 5. The van der Waals surface area contributed by atoms with Crippen LogP contribution in [0.2, 0.25) is 0 Å². The standard InChI is InChI=1S/C23H22N2O8/c1-12(26)13-2-5-15(6-3-13)24-23(28)33-19-10-30-20-16(9-29-21(19)20)25-22(27)14-4-7-17-18(8-14)32-11-31-17/h2-8,16,19-21H,9-11H2,1H3,(H,24,28)(H,25,27). The molecule has 2 N–H and O–H groups in total. The Morgan fingerprint density at radius 2 is 1.64 bits per heavy atom. The van der Waals surface area contributed by atoms with Gasteiger partial charge in [0.05, 0.1) is 19.3 Å². The number of carbonyl (C=O) groups excluding carboxylic acids is 3. The monoisotopic (exact) mass is 454 g/mol. The van der Waals surface area contributed by atoms with Gasteiger partial charge in [-0.3, -0.25) is 14.9 Å². The molecule has 4 atom stereocenters. The third-order valence-corrected chi connectivity index (χ3v) is 5.76.